The number of nitrogens with zero attached hydrogens (tertiary/aromatic N) is 1. The van der Waals surface area contributed by atoms with Crippen LogP contribution in [0.5, 0.6) is 0 Å². The van der Waals surface area contributed by atoms with Gasteiger partial charge < -0.3 is 10.1 Å². The maximum Gasteiger partial charge on any atom is 0.410 e. The second-order valence-corrected chi connectivity index (χ2v) is 3.92. The molecule has 1 atom stereocenters. The van der Waals surface area contributed by atoms with Crippen molar-refractivity contribution in [3.63, 3.8) is 0 Å². The van der Waals surface area contributed by atoms with Crippen molar-refractivity contribution in [1.29, 1.82) is 0 Å². The lowest BCUT2D eigenvalue weighted by Crippen LogP contribution is -2.43. The van der Waals surface area contributed by atoms with Crippen LogP contribution < -0.4 is 5.32 Å². The Morgan fingerprint density at radius 1 is 1.47 bits per heavy atom. The minimum Gasteiger partial charge on any atom is -0.453 e. The molecule has 0 spiro atoms. The molecule has 17 heavy (non-hydrogen) atoms. The van der Waals surface area contributed by atoms with Crippen molar-refractivity contribution in [2.45, 2.75) is 19.5 Å². The number of ether oxygens (including phenoxy) is 1. The fourth-order valence-corrected chi connectivity index (χ4v) is 1.82. The Morgan fingerprint density at radius 2 is 2.18 bits per heavy atom. The zero-order valence-electron chi connectivity index (χ0n) is 9.77. The summed E-state index contributed by atoms with van der Waals surface area (Å²) in [4.78, 5) is 24.9. The number of carbonyl (C=O) groups is 2. The van der Waals surface area contributed by atoms with Gasteiger partial charge >= 0.3 is 6.09 Å². The monoisotopic (exact) mass is 234 g/mol. The van der Waals surface area contributed by atoms with Gasteiger partial charge in [-0.25, -0.2) is 4.79 Å². The molecule has 1 N–H and O–H groups in total. The van der Waals surface area contributed by atoms with Gasteiger partial charge in [-0.3, -0.25) is 9.69 Å². The molecule has 1 aliphatic rings. The summed E-state index contributed by atoms with van der Waals surface area (Å²) in [5.41, 5.74) is 1.64. The Kier molecular flexibility index (Phi) is 2.99. The number of benzene rings is 1. The third-order valence-electron chi connectivity index (χ3n) is 2.87. The maximum atomic E-state index is 11.8. The molecule has 1 aromatic rings. The number of nitrogens with one attached hydrogen (secondary N) is 1. The van der Waals surface area contributed by atoms with E-state index in [1.165, 1.54) is 12.0 Å². The summed E-state index contributed by atoms with van der Waals surface area (Å²) in [5, 5.41) is 2.79. The third-order valence-corrected chi connectivity index (χ3v) is 2.87. The van der Waals surface area contributed by atoms with Gasteiger partial charge in [0.2, 0.25) is 5.91 Å². The smallest absolute Gasteiger partial charge is 0.410 e. The first-order valence-corrected chi connectivity index (χ1v) is 5.37. The van der Waals surface area contributed by atoms with Crippen molar-refractivity contribution < 1.29 is 14.3 Å². The number of hydrogen-bond acceptors (Lipinski definition) is 3. The number of carbonyl (C=O) groups excluding carboxylic acids is 2. The Labute approximate surface area is 99.4 Å². The van der Waals surface area contributed by atoms with Crippen LogP contribution in [0.25, 0.3) is 0 Å². The van der Waals surface area contributed by atoms with Gasteiger partial charge in [0.15, 0.2) is 0 Å². The van der Waals surface area contributed by atoms with Crippen molar-refractivity contribution in [2.75, 3.05) is 12.4 Å². The number of para-hydroxylation sites is 1. The molecule has 1 unspecified atom stereocenters. The number of fused-ring (bicyclic) bond motifs is 1. The van der Waals surface area contributed by atoms with Gasteiger partial charge in [-0.1, -0.05) is 18.2 Å². The van der Waals surface area contributed by atoms with Crippen molar-refractivity contribution in [1.82, 2.24) is 4.90 Å². The van der Waals surface area contributed by atoms with E-state index in [0.717, 1.165) is 11.3 Å². The average molecular weight is 234 g/mol. The van der Waals surface area contributed by atoms with Crippen LogP contribution in [0.1, 0.15) is 12.5 Å². The average Bonchev–Trinajstić information content (AvgIpc) is 2.47. The lowest BCUT2D eigenvalue weighted by atomic mass is 10.2. The highest BCUT2D eigenvalue weighted by molar-refractivity contribution is 5.97. The second kappa shape index (κ2) is 4.45. The first-order valence-electron chi connectivity index (χ1n) is 5.37. The largest absolute Gasteiger partial charge is 0.453 e. The standard InChI is InChI=1S/C12H14N2O3/c1-8-11(15)13-10-6-4-3-5-9(10)7-14(8)12(16)17-2/h3-6,8H,7H2,1-2H3,(H,13,15). The van der Waals surface area contributed by atoms with Crippen molar-refractivity contribution >= 4 is 17.7 Å². The van der Waals surface area contributed by atoms with Crippen molar-refractivity contribution in [3.05, 3.63) is 29.8 Å². The second-order valence-electron chi connectivity index (χ2n) is 3.92. The summed E-state index contributed by atoms with van der Waals surface area (Å²) in [7, 11) is 1.31. The van der Waals surface area contributed by atoms with E-state index in [9.17, 15) is 9.59 Å². The van der Waals surface area contributed by atoms with Crippen LogP contribution in [-0.2, 0) is 16.1 Å². The van der Waals surface area contributed by atoms with Crippen LogP contribution in [0.2, 0.25) is 0 Å². The molecule has 0 radical (unpaired) electrons. The highest BCUT2D eigenvalue weighted by Crippen LogP contribution is 2.23. The molecule has 0 aliphatic carbocycles. The fourth-order valence-electron chi connectivity index (χ4n) is 1.82. The van der Waals surface area contributed by atoms with E-state index in [1.54, 1.807) is 6.92 Å². The summed E-state index contributed by atoms with van der Waals surface area (Å²) in [5.74, 6) is -0.208. The van der Waals surface area contributed by atoms with Crippen LogP contribution in [0.4, 0.5) is 10.5 Å². The molecule has 0 bridgehead atoms. The molecule has 0 saturated heterocycles. The molecule has 0 aromatic heterocycles. The molecule has 90 valence electrons. The summed E-state index contributed by atoms with van der Waals surface area (Å²) in [6, 6.07) is 6.87. The number of amides is 2. The molecule has 2 amide bonds. The SMILES string of the molecule is COC(=O)N1Cc2ccccc2NC(=O)C1C. The minimum atomic E-state index is -0.546. The molecule has 5 heteroatoms. The molecule has 5 nitrogen and oxygen atoms in total. The molecular formula is C12H14N2O3. The number of hydrogen-bond donors (Lipinski definition) is 1. The zero-order chi connectivity index (χ0) is 12.4. The van der Waals surface area contributed by atoms with Gasteiger partial charge in [0.05, 0.1) is 13.7 Å². The van der Waals surface area contributed by atoms with E-state index < -0.39 is 12.1 Å². The van der Waals surface area contributed by atoms with Crippen LogP contribution in [-0.4, -0.2) is 30.1 Å². The Morgan fingerprint density at radius 3 is 2.88 bits per heavy atom. The highest BCUT2D eigenvalue weighted by Gasteiger charge is 2.30. The summed E-state index contributed by atoms with van der Waals surface area (Å²) >= 11 is 0. The Balaban J connectivity index is 2.38. The Hall–Kier alpha value is -2.04. The maximum absolute atomic E-state index is 11.8. The quantitative estimate of drug-likeness (QED) is 0.741. The Bertz CT molecular complexity index is 459. The summed E-state index contributed by atoms with van der Waals surface area (Å²) in [6.07, 6.45) is -0.496. The fraction of sp³-hybridized carbons (Fsp3) is 0.333. The third kappa shape index (κ3) is 2.08. The van der Waals surface area contributed by atoms with Crippen LogP contribution in [0.15, 0.2) is 24.3 Å². The number of rotatable bonds is 0. The van der Waals surface area contributed by atoms with Gasteiger partial charge in [0.1, 0.15) is 6.04 Å². The van der Waals surface area contributed by atoms with E-state index in [4.69, 9.17) is 0 Å². The van der Waals surface area contributed by atoms with E-state index in [1.807, 2.05) is 24.3 Å². The van der Waals surface area contributed by atoms with Gasteiger partial charge in [0, 0.05) is 5.69 Å². The topological polar surface area (TPSA) is 58.6 Å². The molecule has 1 heterocycles. The predicted molar refractivity (Wildman–Crippen MR) is 62.5 cm³/mol. The molecule has 2 rings (SSSR count). The molecule has 1 aliphatic heterocycles. The van der Waals surface area contributed by atoms with E-state index >= 15 is 0 Å². The van der Waals surface area contributed by atoms with Gasteiger partial charge in [-0.2, -0.15) is 0 Å². The van der Waals surface area contributed by atoms with E-state index in [2.05, 4.69) is 10.1 Å². The lowest BCUT2D eigenvalue weighted by Gasteiger charge is -2.23. The van der Waals surface area contributed by atoms with Crippen LogP contribution in [0, 0.1) is 0 Å². The molecule has 0 saturated carbocycles. The zero-order valence-corrected chi connectivity index (χ0v) is 9.77. The minimum absolute atomic E-state index is 0.208. The number of anilines is 1. The van der Waals surface area contributed by atoms with Crippen LogP contribution in [0.3, 0.4) is 0 Å². The number of methoxy groups -OCH3 is 1. The van der Waals surface area contributed by atoms with E-state index in [-0.39, 0.29) is 5.91 Å². The normalized spacial score (nSPS) is 19.1. The first-order chi connectivity index (χ1) is 8.13. The van der Waals surface area contributed by atoms with Crippen molar-refractivity contribution in [2.24, 2.45) is 0 Å². The lowest BCUT2D eigenvalue weighted by molar-refractivity contribution is -0.120. The van der Waals surface area contributed by atoms with Crippen molar-refractivity contribution in [3.8, 4) is 0 Å². The summed E-state index contributed by atoms with van der Waals surface area (Å²) < 4.78 is 4.69. The van der Waals surface area contributed by atoms with Crippen LogP contribution >= 0.6 is 0 Å². The summed E-state index contributed by atoms with van der Waals surface area (Å²) in [6.45, 7) is 2.04. The highest BCUT2D eigenvalue weighted by atomic mass is 16.5. The predicted octanol–water partition coefficient (Wildman–Crippen LogP) is 1.60. The van der Waals surface area contributed by atoms with Gasteiger partial charge in [-0.15, -0.1) is 0 Å². The van der Waals surface area contributed by atoms with Gasteiger partial charge in [0.25, 0.3) is 0 Å². The van der Waals surface area contributed by atoms with Gasteiger partial charge in [-0.05, 0) is 18.6 Å². The van der Waals surface area contributed by atoms with E-state index in [0.29, 0.717) is 6.54 Å². The first kappa shape index (κ1) is 11.4. The molecule has 1 aromatic carbocycles. The molecule has 0 fully saturated rings. The molecular weight excluding hydrogens is 220 g/mol.